The fourth-order valence-corrected chi connectivity index (χ4v) is 26.8. The van der Waals surface area contributed by atoms with Crippen molar-refractivity contribution < 1.29 is 0 Å². The molecule has 0 unspecified atom stereocenters. The van der Waals surface area contributed by atoms with E-state index in [9.17, 15) is 0 Å². The van der Waals surface area contributed by atoms with E-state index in [1.807, 2.05) is 11.8 Å². The topological polar surface area (TPSA) is 3.24 Å². The van der Waals surface area contributed by atoms with Crippen molar-refractivity contribution in [3.05, 3.63) is 285 Å². The first kappa shape index (κ1) is 42.6. The summed E-state index contributed by atoms with van der Waals surface area (Å²) in [5.74, 6) is 0. The molecule has 2 aliphatic heterocycles. The van der Waals surface area contributed by atoms with E-state index in [2.05, 4.69) is 290 Å². The summed E-state index contributed by atoms with van der Waals surface area (Å²) in [7, 11) is -5.94. The number of hydrogen-bond donors (Lipinski definition) is 0. The van der Waals surface area contributed by atoms with Crippen LogP contribution in [0.2, 0.25) is 0 Å². The zero-order valence-electron chi connectivity index (χ0n) is 39.5. The van der Waals surface area contributed by atoms with Crippen LogP contribution in [0.5, 0.6) is 0 Å². The van der Waals surface area contributed by atoms with E-state index in [1.54, 1.807) is 0 Å². The van der Waals surface area contributed by atoms with Crippen LogP contribution in [0.4, 0.5) is 17.1 Å². The van der Waals surface area contributed by atoms with Gasteiger partial charge in [0.1, 0.15) is 0 Å². The van der Waals surface area contributed by atoms with Gasteiger partial charge in [0.05, 0.1) is 11.4 Å². The summed E-state index contributed by atoms with van der Waals surface area (Å²) in [6.45, 7) is 0. The second kappa shape index (κ2) is 17.3. The molecule has 12 aromatic rings. The van der Waals surface area contributed by atoms with Gasteiger partial charge in [0.15, 0.2) is 16.1 Å². The highest BCUT2D eigenvalue weighted by Gasteiger charge is 2.58. The molecule has 0 aromatic heterocycles. The predicted molar refractivity (Wildman–Crippen MR) is 312 cm³/mol. The molecule has 1 nitrogen and oxygen atoms in total. The normalized spacial score (nSPS) is 13.7. The van der Waals surface area contributed by atoms with Gasteiger partial charge in [-0.3, -0.25) is 0 Å². The molecule has 0 bridgehead atoms. The molecule has 0 saturated heterocycles. The SMILES string of the molecule is c1ccc(-c2ccc(N(c3cccc4ccccc34)c3ccc(-c4ccc5c(c4)[Si]4(c6ccccc6Sc6ccccc64)c4ccccc4[Si]5(c4ccccc4)c4ccccc4)c4ccccc34)cc2)cc1. The summed E-state index contributed by atoms with van der Waals surface area (Å²) in [4.78, 5) is 5.20. The lowest BCUT2D eigenvalue weighted by Gasteiger charge is -2.50. The van der Waals surface area contributed by atoms with E-state index in [0.717, 1.165) is 17.1 Å². The zero-order chi connectivity index (χ0) is 47.6. The second-order valence-electron chi connectivity index (χ2n) is 19.1. The first-order valence-corrected chi connectivity index (χ1v) is 29.7. The molecular weight excluding hydrogens is 919 g/mol. The Morgan fingerprint density at radius 2 is 0.750 bits per heavy atom. The van der Waals surface area contributed by atoms with E-state index in [4.69, 9.17) is 0 Å². The first-order valence-electron chi connectivity index (χ1n) is 24.9. The standard InChI is InChI=1S/C68H47NSSi2/c1-4-21-48(22-5-1)49-39-42-52(43-40-49)69(59-32-20-24-50-23-10-11-29-56(50)59)60-45-44-55(57-30-12-13-31-58(57)60)51-41-46-67-68(47-51)72(63-35-16-14-33-61(63)70-62-34-15-17-36-64(62)72)66-38-19-18-37-65(66)71(67,53-25-6-2-7-26-53)54-27-8-3-9-28-54/h1-47H. The highest BCUT2D eigenvalue weighted by atomic mass is 32.2. The van der Waals surface area contributed by atoms with Crippen molar-refractivity contribution >= 4 is 108 Å². The molecule has 4 heteroatoms. The summed E-state index contributed by atoms with van der Waals surface area (Å²) in [6, 6.07) is 108. The fraction of sp³-hybridized carbons (Fsp3) is 0. The van der Waals surface area contributed by atoms with Crippen LogP contribution in [-0.2, 0) is 0 Å². The van der Waals surface area contributed by atoms with Crippen molar-refractivity contribution in [1.29, 1.82) is 0 Å². The van der Waals surface area contributed by atoms with Gasteiger partial charge in [0.2, 0.25) is 0 Å². The minimum absolute atomic E-state index is 1.11. The lowest BCUT2D eigenvalue weighted by molar-refractivity contribution is 1.31. The first-order chi connectivity index (χ1) is 35.7. The highest BCUT2D eigenvalue weighted by Crippen LogP contribution is 2.45. The lowest BCUT2D eigenvalue weighted by Crippen LogP contribution is -2.93. The Kier molecular flexibility index (Phi) is 10.2. The van der Waals surface area contributed by atoms with E-state index in [1.165, 1.54) is 95.1 Å². The Morgan fingerprint density at radius 3 is 1.42 bits per heavy atom. The molecular formula is C68H47NSSi2. The number of rotatable bonds is 7. The number of nitrogens with zero attached hydrogens (tertiary/aromatic N) is 1. The van der Waals surface area contributed by atoms with E-state index in [0.29, 0.717) is 0 Å². The van der Waals surface area contributed by atoms with Gasteiger partial charge < -0.3 is 4.90 Å². The van der Waals surface area contributed by atoms with Crippen LogP contribution in [0.3, 0.4) is 0 Å². The van der Waals surface area contributed by atoms with Crippen LogP contribution in [-0.4, -0.2) is 16.1 Å². The summed E-state index contributed by atoms with van der Waals surface area (Å²) in [5, 5.41) is 16.6. The minimum Gasteiger partial charge on any atom is -0.309 e. The maximum Gasteiger partial charge on any atom is 0.181 e. The molecule has 72 heavy (non-hydrogen) atoms. The smallest absolute Gasteiger partial charge is 0.181 e. The van der Waals surface area contributed by atoms with Gasteiger partial charge in [-0.1, -0.05) is 260 Å². The van der Waals surface area contributed by atoms with Crippen LogP contribution in [0, 0.1) is 0 Å². The van der Waals surface area contributed by atoms with Crippen LogP contribution in [0.25, 0.3) is 43.8 Å². The van der Waals surface area contributed by atoms with Gasteiger partial charge in [0.25, 0.3) is 0 Å². The van der Waals surface area contributed by atoms with E-state index >= 15 is 0 Å². The number of benzene rings is 12. The molecule has 0 radical (unpaired) electrons. The number of hydrogen-bond acceptors (Lipinski definition) is 2. The zero-order valence-corrected chi connectivity index (χ0v) is 42.3. The molecule has 338 valence electrons. The summed E-state index contributed by atoms with van der Waals surface area (Å²) in [5.41, 5.74) is 8.28. The quantitative estimate of drug-likeness (QED) is 0.146. The second-order valence-corrected chi connectivity index (χ2v) is 27.5. The van der Waals surface area contributed by atoms with Crippen molar-refractivity contribution in [1.82, 2.24) is 0 Å². The Labute approximate surface area is 427 Å². The van der Waals surface area contributed by atoms with Crippen molar-refractivity contribution in [3.63, 3.8) is 0 Å². The molecule has 0 saturated carbocycles. The third-order valence-electron chi connectivity index (χ3n) is 15.5. The molecule has 2 aliphatic rings. The van der Waals surface area contributed by atoms with E-state index in [-0.39, 0.29) is 0 Å². The Balaban J connectivity index is 1.05. The molecule has 0 atom stereocenters. The maximum atomic E-state index is 2.67. The molecule has 0 fully saturated rings. The molecule has 0 N–H and O–H groups in total. The Bertz CT molecular complexity index is 3930. The van der Waals surface area contributed by atoms with Crippen molar-refractivity contribution in [2.24, 2.45) is 0 Å². The molecule has 12 aromatic carbocycles. The molecule has 0 amide bonds. The minimum atomic E-state index is -3.01. The summed E-state index contributed by atoms with van der Waals surface area (Å²) < 4.78 is 0. The molecule has 14 rings (SSSR count). The Morgan fingerprint density at radius 1 is 0.278 bits per heavy atom. The van der Waals surface area contributed by atoms with E-state index < -0.39 is 16.1 Å². The Hall–Kier alpha value is -8.26. The lowest BCUT2D eigenvalue weighted by atomic mass is 9.96. The van der Waals surface area contributed by atoms with Crippen LogP contribution < -0.4 is 46.4 Å². The van der Waals surface area contributed by atoms with Gasteiger partial charge in [0, 0.05) is 26.3 Å². The fourth-order valence-electron chi connectivity index (χ4n) is 12.5. The monoisotopic (exact) mass is 965 g/mol. The predicted octanol–water partition coefficient (Wildman–Crippen LogP) is 12.3. The van der Waals surface area contributed by atoms with Gasteiger partial charge in [-0.2, -0.15) is 0 Å². The van der Waals surface area contributed by atoms with Crippen LogP contribution in [0.15, 0.2) is 295 Å². The maximum absolute atomic E-state index is 3.01. The average Bonchev–Trinajstić information content (AvgIpc) is 3.47. The summed E-state index contributed by atoms with van der Waals surface area (Å²) >= 11 is 1.94. The van der Waals surface area contributed by atoms with Crippen molar-refractivity contribution in [3.8, 4) is 22.3 Å². The largest absolute Gasteiger partial charge is 0.309 e. The molecule has 0 aliphatic carbocycles. The summed E-state index contributed by atoms with van der Waals surface area (Å²) in [6.07, 6.45) is 0. The number of fused-ring (bicyclic) bond motifs is 10. The van der Waals surface area contributed by atoms with Crippen LogP contribution in [0.1, 0.15) is 0 Å². The van der Waals surface area contributed by atoms with Gasteiger partial charge in [-0.15, -0.1) is 0 Å². The third-order valence-corrected chi connectivity index (χ3v) is 27.3. The van der Waals surface area contributed by atoms with Crippen molar-refractivity contribution in [2.75, 3.05) is 4.90 Å². The van der Waals surface area contributed by atoms with Gasteiger partial charge in [-0.25, -0.2) is 0 Å². The molecule has 2 heterocycles. The van der Waals surface area contributed by atoms with Crippen LogP contribution >= 0.6 is 11.8 Å². The molecule has 1 spiro atoms. The third kappa shape index (κ3) is 6.40. The van der Waals surface area contributed by atoms with Crippen molar-refractivity contribution in [2.45, 2.75) is 9.79 Å². The van der Waals surface area contributed by atoms with Gasteiger partial charge >= 0.3 is 0 Å². The van der Waals surface area contributed by atoms with Gasteiger partial charge in [-0.05, 0) is 111 Å². The average molecular weight is 966 g/mol. The number of anilines is 3. The highest BCUT2D eigenvalue weighted by molar-refractivity contribution is 8.00.